The van der Waals surface area contributed by atoms with Gasteiger partial charge in [-0.05, 0) is 34.4 Å². The van der Waals surface area contributed by atoms with Crippen molar-refractivity contribution in [1.29, 1.82) is 0 Å². The Kier molecular flexibility index (Phi) is 7.79. The molecular formula is C32H23ClN8S2. The maximum Gasteiger partial charge on any atom is 0.161 e. The second kappa shape index (κ2) is 12.3. The molecule has 11 heteroatoms. The summed E-state index contributed by atoms with van der Waals surface area (Å²) in [5, 5.41) is 5.85. The summed E-state index contributed by atoms with van der Waals surface area (Å²) in [7, 11) is 0. The summed E-state index contributed by atoms with van der Waals surface area (Å²) >= 11 is 9.14. The lowest BCUT2D eigenvalue weighted by molar-refractivity contribution is 1.11. The molecule has 210 valence electrons. The van der Waals surface area contributed by atoms with Gasteiger partial charge in [-0.2, -0.15) is 0 Å². The fraction of sp³-hybridized carbons (Fsp3) is 0.0938. The summed E-state index contributed by atoms with van der Waals surface area (Å²) in [5.41, 5.74) is 7.38. The molecule has 1 aliphatic rings. The number of hydrogen-bond acceptors (Lipinski definition) is 10. The van der Waals surface area contributed by atoms with Crippen LogP contribution in [0.15, 0.2) is 96.5 Å². The highest BCUT2D eigenvalue weighted by molar-refractivity contribution is 7.18. The summed E-state index contributed by atoms with van der Waals surface area (Å²) in [6.07, 6.45) is 6.57. The van der Waals surface area contributed by atoms with Crippen molar-refractivity contribution in [3.05, 3.63) is 129 Å². The first-order valence-corrected chi connectivity index (χ1v) is 15.5. The Morgan fingerprint density at radius 1 is 0.698 bits per heavy atom. The molecule has 0 unspecified atom stereocenters. The number of anilines is 2. The molecular weight excluding hydrogens is 596 g/mol. The monoisotopic (exact) mass is 618 g/mol. The van der Waals surface area contributed by atoms with E-state index < -0.39 is 0 Å². The summed E-state index contributed by atoms with van der Waals surface area (Å²) in [4.78, 5) is 32.2. The molecule has 0 atom stereocenters. The van der Waals surface area contributed by atoms with Crippen LogP contribution in [0, 0.1) is 0 Å². The molecule has 43 heavy (non-hydrogen) atoms. The van der Waals surface area contributed by atoms with Gasteiger partial charge in [0.1, 0.15) is 33.3 Å². The summed E-state index contributed by atoms with van der Waals surface area (Å²) in [6.45, 7) is 0.766. The second-order valence-electron chi connectivity index (χ2n) is 9.74. The average molecular weight is 619 g/mol. The first-order chi connectivity index (χ1) is 21.2. The first kappa shape index (κ1) is 27.2. The van der Waals surface area contributed by atoms with Crippen LogP contribution in [0.4, 0.5) is 11.5 Å². The number of thiazole rings is 2. The highest BCUT2D eigenvalue weighted by Crippen LogP contribution is 2.29. The first-order valence-electron chi connectivity index (χ1n) is 13.5. The quantitative estimate of drug-likeness (QED) is 0.191. The standard InChI is InChI=1S/C20H15N5S.C12H8ClN3S/c1-2-4-13(5-3-1)8-17-25-18-19(22-12-23-20(18)26-17)24-16-7-6-14-10-21-11-15(14)9-16;13-11-10-12(15-7-14-11)17-9(16-10)6-8-4-2-1-3-5-8/h1-7,9,11-12H,8,10H2,(H,22,23,24);1-5,7H,6H2. The van der Waals surface area contributed by atoms with Gasteiger partial charge in [0.15, 0.2) is 11.0 Å². The van der Waals surface area contributed by atoms with Crippen molar-refractivity contribution in [2.75, 3.05) is 5.32 Å². The lowest BCUT2D eigenvalue weighted by atomic mass is 10.1. The minimum absolute atomic E-state index is 0.422. The predicted molar refractivity (Wildman–Crippen MR) is 175 cm³/mol. The maximum atomic E-state index is 5.97. The van der Waals surface area contributed by atoms with Gasteiger partial charge in [-0.15, -0.1) is 0 Å². The highest BCUT2D eigenvalue weighted by atomic mass is 35.5. The molecule has 5 heterocycles. The van der Waals surface area contributed by atoms with Crippen LogP contribution in [0.2, 0.25) is 5.15 Å². The SMILES string of the molecule is C1=NCc2ccc(Nc3ncnc4sc(Cc5ccccc5)nc34)cc21.Clc1ncnc2sc(Cc3ccccc3)nc12. The third-order valence-corrected chi connectivity index (χ3v) is 8.94. The molecule has 0 amide bonds. The van der Waals surface area contributed by atoms with E-state index >= 15 is 0 Å². The molecule has 1 N–H and O–H groups in total. The van der Waals surface area contributed by atoms with E-state index in [0.717, 1.165) is 61.6 Å². The summed E-state index contributed by atoms with van der Waals surface area (Å²) < 4.78 is 0. The van der Waals surface area contributed by atoms with E-state index in [1.807, 2.05) is 42.6 Å². The van der Waals surface area contributed by atoms with Crippen molar-refractivity contribution < 1.29 is 0 Å². The third kappa shape index (κ3) is 6.26. The average Bonchev–Trinajstić information content (AvgIpc) is 3.77. The Labute approximate surface area is 260 Å². The zero-order valence-corrected chi connectivity index (χ0v) is 25.1. The van der Waals surface area contributed by atoms with Crippen LogP contribution in [0.5, 0.6) is 0 Å². The Bertz CT molecular complexity index is 2060. The number of rotatable bonds is 6. The number of aromatic nitrogens is 6. The number of halogens is 1. The van der Waals surface area contributed by atoms with Gasteiger partial charge >= 0.3 is 0 Å². The zero-order chi connectivity index (χ0) is 29.0. The number of benzene rings is 3. The fourth-order valence-electron chi connectivity index (χ4n) is 4.67. The van der Waals surface area contributed by atoms with E-state index in [0.29, 0.717) is 10.7 Å². The Morgan fingerprint density at radius 3 is 2.00 bits per heavy atom. The van der Waals surface area contributed by atoms with E-state index in [1.165, 1.54) is 23.0 Å². The molecule has 0 aliphatic carbocycles. The second-order valence-corrected chi connectivity index (χ2v) is 12.2. The van der Waals surface area contributed by atoms with Crippen LogP contribution in [-0.2, 0) is 19.4 Å². The van der Waals surface area contributed by atoms with Crippen molar-refractivity contribution in [2.45, 2.75) is 19.4 Å². The van der Waals surface area contributed by atoms with Gasteiger partial charge in [0.2, 0.25) is 0 Å². The van der Waals surface area contributed by atoms with Gasteiger partial charge in [-0.1, -0.05) is 101 Å². The largest absolute Gasteiger partial charge is 0.338 e. The van der Waals surface area contributed by atoms with E-state index in [4.69, 9.17) is 16.6 Å². The van der Waals surface area contributed by atoms with E-state index in [-0.39, 0.29) is 0 Å². The van der Waals surface area contributed by atoms with Gasteiger partial charge in [0.05, 0.1) is 16.6 Å². The lowest BCUT2D eigenvalue weighted by Crippen LogP contribution is -1.97. The third-order valence-electron chi connectivity index (χ3n) is 6.73. The van der Waals surface area contributed by atoms with Gasteiger partial charge < -0.3 is 5.32 Å². The smallest absolute Gasteiger partial charge is 0.161 e. The van der Waals surface area contributed by atoms with Crippen molar-refractivity contribution in [1.82, 2.24) is 29.9 Å². The number of fused-ring (bicyclic) bond motifs is 3. The van der Waals surface area contributed by atoms with Gasteiger partial charge in [0, 0.05) is 24.7 Å². The van der Waals surface area contributed by atoms with Crippen molar-refractivity contribution in [3.63, 3.8) is 0 Å². The Morgan fingerprint density at radius 2 is 1.33 bits per heavy atom. The molecule has 3 aromatic carbocycles. The normalized spacial score (nSPS) is 11.8. The molecule has 0 fully saturated rings. The number of nitrogens with one attached hydrogen (secondary N) is 1. The highest BCUT2D eigenvalue weighted by Gasteiger charge is 2.13. The van der Waals surface area contributed by atoms with Crippen LogP contribution in [0.1, 0.15) is 32.3 Å². The summed E-state index contributed by atoms with van der Waals surface area (Å²) in [6, 6.07) is 26.8. The van der Waals surface area contributed by atoms with Crippen molar-refractivity contribution in [2.24, 2.45) is 4.99 Å². The Balaban J connectivity index is 0.000000153. The van der Waals surface area contributed by atoms with Crippen LogP contribution in [-0.4, -0.2) is 36.1 Å². The molecule has 0 bridgehead atoms. The van der Waals surface area contributed by atoms with E-state index in [2.05, 4.69) is 77.7 Å². The number of hydrogen-bond donors (Lipinski definition) is 1. The van der Waals surface area contributed by atoms with Crippen LogP contribution in [0.25, 0.3) is 20.7 Å². The van der Waals surface area contributed by atoms with Crippen LogP contribution in [0.3, 0.4) is 0 Å². The minimum Gasteiger partial charge on any atom is -0.338 e. The molecule has 8 nitrogen and oxygen atoms in total. The lowest BCUT2D eigenvalue weighted by Gasteiger charge is -2.07. The molecule has 4 aromatic heterocycles. The topological polar surface area (TPSA) is 102 Å². The summed E-state index contributed by atoms with van der Waals surface area (Å²) in [5.74, 6) is 0.737. The van der Waals surface area contributed by atoms with Gasteiger partial charge in [-0.25, -0.2) is 29.9 Å². The van der Waals surface area contributed by atoms with Crippen LogP contribution >= 0.6 is 34.3 Å². The fourth-order valence-corrected chi connectivity index (χ4v) is 6.77. The van der Waals surface area contributed by atoms with E-state index in [9.17, 15) is 0 Å². The number of aliphatic imine (C=N–C) groups is 1. The molecule has 0 radical (unpaired) electrons. The van der Waals surface area contributed by atoms with Gasteiger partial charge in [0.25, 0.3) is 0 Å². The molecule has 0 saturated carbocycles. The maximum absolute atomic E-state index is 5.97. The van der Waals surface area contributed by atoms with Crippen molar-refractivity contribution in [3.8, 4) is 0 Å². The van der Waals surface area contributed by atoms with Gasteiger partial charge in [-0.3, -0.25) is 4.99 Å². The van der Waals surface area contributed by atoms with Crippen LogP contribution < -0.4 is 5.32 Å². The Hall–Kier alpha value is -4.64. The molecule has 1 aliphatic heterocycles. The number of nitrogens with zero attached hydrogens (tertiary/aromatic N) is 7. The van der Waals surface area contributed by atoms with E-state index in [1.54, 1.807) is 29.0 Å². The van der Waals surface area contributed by atoms with Crippen molar-refractivity contribution >= 4 is 72.7 Å². The molecule has 0 spiro atoms. The zero-order valence-electron chi connectivity index (χ0n) is 22.7. The molecule has 0 saturated heterocycles. The predicted octanol–water partition coefficient (Wildman–Crippen LogP) is 7.68. The molecule has 7 aromatic rings. The molecule has 8 rings (SSSR count). The minimum atomic E-state index is 0.422.